The third-order valence-corrected chi connectivity index (χ3v) is 0.963. The second-order valence-corrected chi connectivity index (χ2v) is 1.92. The van der Waals surface area contributed by atoms with Crippen molar-refractivity contribution in [1.82, 2.24) is 0 Å². The van der Waals surface area contributed by atoms with E-state index >= 15 is 0 Å². The second kappa shape index (κ2) is 3.00. The monoisotopic (exact) mass is 179 g/mol. The molecule has 0 aliphatic carbocycles. The number of benzene rings is 1. The maximum atomic E-state index is 12.3. The van der Waals surface area contributed by atoms with Gasteiger partial charge in [-0.2, -0.15) is 0 Å². The second-order valence-electron chi connectivity index (χ2n) is 1.92. The Morgan fingerprint density at radius 2 is 2.00 bits per heavy atom. The van der Waals surface area contributed by atoms with Crippen LogP contribution in [0.3, 0.4) is 0 Å². The van der Waals surface area contributed by atoms with Crippen LogP contribution in [0.5, 0.6) is 5.75 Å². The number of hydrogen-bond acceptors (Lipinski definition) is 1. The minimum atomic E-state index is -4.80. The Hall–Kier alpha value is -1.26. The lowest BCUT2D eigenvalue weighted by atomic mass is 10.3. The molecule has 0 atom stereocenters. The highest BCUT2D eigenvalue weighted by molar-refractivity contribution is 5.20. The summed E-state index contributed by atoms with van der Waals surface area (Å²) in [6.45, 7) is 0. The van der Waals surface area contributed by atoms with Crippen molar-refractivity contribution in [3.63, 3.8) is 0 Å². The highest BCUT2D eigenvalue weighted by atomic mass is 19.4. The van der Waals surface area contributed by atoms with Crippen LogP contribution in [0.25, 0.3) is 0 Å². The van der Waals surface area contributed by atoms with Gasteiger partial charge in [-0.05, 0) is 12.1 Å². The van der Waals surface area contributed by atoms with Gasteiger partial charge in [0, 0.05) is 12.1 Å². The zero-order chi connectivity index (χ0) is 9.19. The minimum absolute atomic E-state index is 0.605. The van der Waals surface area contributed by atoms with E-state index in [1.807, 2.05) is 0 Å². The summed E-state index contributed by atoms with van der Waals surface area (Å²) in [6, 6.07) is 4.67. The molecule has 5 heteroatoms. The summed E-state index contributed by atoms with van der Waals surface area (Å²) in [5, 5.41) is 0. The summed E-state index contributed by atoms with van der Waals surface area (Å²) >= 11 is 0. The van der Waals surface area contributed by atoms with E-state index in [0.29, 0.717) is 6.07 Å². The fourth-order valence-electron chi connectivity index (χ4n) is 0.602. The largest absolute Gasteiger partial charge is 0.573 e. The van der Waals surface area contributed by atoms with Crippen molar-refractivity contribution >= 4 is 0 Å². The normalized spacial score (nSPS) is 11.3. The lowest BCUT2D eigenvalue weighted by Crippen LogP contribution is -2.17. The van der Waals surface area contributed by atoms with Crippen molar-refractivity contribution in [2.24, 2.45) is 0 Å². The van der Waals surface area contributed by atoms with Gasteiger partial charge in [0.1, 0.15) is 11.6 Å². The first-order valence-corrected chi connectivity index (χ1v) is 2.90. The van der Waals surface area contributed by atoms with E-state index in [0.717, 1.165) is 12.1 Å². The van der Waals surface area contributed by atoms with Gasteiger partial charge in [0.05, 0.1) is 0 Å². The van der Waals surface area contributed by atoms with E-state index in [-0.39, 0.29) is 0 Å². The SMILES string of the molecule is Fc1cc[c]c(OC(F)(F)F)c1. The molecule has 0 saturated heterocycles. The highest BCUT2D eigenvalue weighted by Crippen LogP contribution is 2.22. The summed E-state index contributed by atoms with van der Waals surface area (Å²) in [5.74, 6) is -1.48. The molecule has 0 amide bonds. The van der Waals surface area contributed by atoms with Gasteiger partial charge in [-0.15, -0.1) is 13.2 Å². The average molecular weight is 179 g/mol. The number of halogens is 4. The zero-order valence-electron chi connectivity index (χ0n) is 5.65. The van der Waals surface area contributed by atoms with Crippen molar-refractivity contribution in [2.45, 2.75) is 6.36 Å². The quantitative estimate of drug-likeness (QED) is 0.602. The molecule has 1 rings (SSSR count). The molecular formula is C7H3F4O. The van der Waals surface area contributed by atoms with E-state index in [1.54, 1.807) is 0 Å². The van der Waals surface area contributed by atoms with Crippen molar-refractivity contribution in [3.8, 4) is 5.75 Å². The molecule has 0 bridgehead atoms. The molecule has 0 heterocycles. The summed E-state index contributed by atoms with van der Waals surface area (Å²) < 4.78 is 50.2. The Morgan fingerprint density at radius 3 is 2.50 bits per heavy atom. The third kappa shape index (κ3) is 2.77. The number of ether oxygens (including phenoxy) is 1. The maximum absolute atomic E-state index is 12.3. The molecule has 0 spiro atoms. The van der Waals surface area contributed by atoms with Crippen LogP contribution < -0.4 is 4.74 Å². The minimum Gasteiger partial charge on any atom is -0.405 e. The first kappa shape index (κ1) is 8.83. The van der Waals surface area contributed by atoms with Gasteiger partial charge in [-0.1, -0.05) is 0 Å². The fraction of sp³-hybridized carbons (Fsp3) is 0.143. The molecule has 0 unspecified atom stereocenters. The average Bonchev–Trinajstić information content (AvgIpc) is 1.82. The molecule has 0 N–H and O–H groups in total. The molecular weight excluding hydrogens is 176 g/mol. The molecule has 1 radical (unpaired) electrons. The van der Waals surface area contributed by atoms with Gasteiger partial charge < -0.3 is 4.74 Å². The molecule has 0 aliphatic rings. The Kier molecular flexibility index (Phi) is 2.21. The van der Waals surface area contributed by atoms with E-state index in [1.165, 1.54) is 0 Å². The van der Waals surface area contributed by atoms with Crippen LogP contribution in [-0.4, -0.2) is 6.36 Å². The fourth-order valence-corrected chi connectivity index (χ4v) is 0.602. The van der Waals surface area contributed by atoms with Gasteiger partial charge in [0.15, 0.2) is 0 Å². The van der Waals surface area contributed by atoms with Gasteiger partial charge in [-0.25, -0.2) is 4.39 Å². The van der Waals surface area contributed by atoms with Crippen LogP contribution in [0.1, 0.15) is 0 Å². The summed E-state index contributed by atoms with van der Waals surface area (Å²) in [7, 11) is 0. The summed E-state index contributed by atoms with van der Waals surface area (Å²) in [5.41, 5.74) is 0. The van der Waals surface area contributed by atoms with Crippen LogP contribution >= 0.6 is 0 Å². The molecule has 1 aromatic carbocycles. The van der Waals surface area contributed by atoms with E-state index < -0.39 is 17.9 Å². The third-order valence-electron chi connectivity index (χ3n) is 0.963. The van der Waals surface area contributed by atoms with Crippen LogP contribution in [0.2, 0.25) is 0 Å². The molecule has 65 valence electrons. The first-order chi connectivity index (χ1) is 5.47. The van der Waals surface area contributed by atoms with Gasteiger partial charge in [0.2, 0.25) is 0 Å². The van der Waals surface area contributed by atoms with Crippen molar-refractivity contribution in [2.75, 3.05) is 0 Å². The van der Waals surface area contributed by atoms with E-state index in [9.17, 15) is 17.6 Å². The molecule has 12 heavy (non-hydrogen) atoms. The highest BCUT2D eigenvalue weighted by Gasteiger charge is 2.31. The Bertz CT molecular complexity index is 268. The van der Waals surface area contributed by atoms with Crippen molar-refractivity contribution in [1.29, 1.82) is 0 Å². The van der Waals surface area contributed by atoms with Gasteiger partial charge >= 0.3 is 6.36 Å². The molecule has 1 nitrogen and oxygen atoms in total. The lowest BCUT2D eigenvalue weighted by molar-refractivity contribution is -0.274. The maximum Gasteiger partial charge on any atom is 0.573 e. The lowest BCUT2D eigenvalue weighted by Gasteiger charge is -2.07. The number of alkyl halides is 3. The first-order valence-electron chi connectivity index (χ1n) is 2.90. The van der Waals surface area contributed by atoms with Crippen LogP contribution in [-0.2, 0) is 0 Å². The van der Waals surface area contributed by atoms with Gasteiger partial charge in [-0.3, -0.25) is 0 Å². The van der Waals surface area contributed by atoms with Crippen molar-refractivity contribution < 1.29 is 22.3 Å². The predicted molar refractivity (Wildman–Crippen MR) is 31.9 cm³/mol. The zero-order valence-corrected chi connectivity index (χ0v) is 5.65. The molecule has 0 fully saturated rings. The molecule has 0 aromatic heterocycles. The van der Waals surface area contributed by atoms with E-state index in [4.69, 9.17) is 0 Å². The summed E-state index contributed by atoms with van der Waals surface area (Å²) in [6.07, 6.45) is -4.80. The van der Waals surface area contributed by atoms with Gasteiger partial charge in [0.25, 0.3) is 0 Å². The van der Waals surface area contributed by atoms with Crippen LogP contribution in [0, 0.1) is 11.9 Å². The summed E-state index contributed by atoms with van der Waals surface area (Å²) in [4.78, 5) is 0. The topological polar surface area (TPSA) is 9.23 Å². The molecule has 0 saturated carbocycles. The van der Waals surface area contributed by atoms with Crippen molar-refractivity contribution in [3.05, 3.63) is 30.1 Å². The Labute approximate surface area is 65.6 Å². The van der Waals surface area contributed by atoms with Crippen LogP contribution in [0.4, 0.5) is 17.6 Å². The molecule has 0 aliphatic heterocycles. The number of rotatable bonds is 1. The predicted octanol–water partition coefficient (Wildman–Crippen LogP) is 2.52. The smallest absolute Gasteiger partial charge is 0.405 e. The Morgan fingerprint density at radius 1 is 1.33 bits per heavy atom. The van der Waals surface area contributed by atoms with Crippen LogP contribution in [0.15, 0.2) is 18.2 Å². The molecule has 1 aromatic rings. The standard InChI is InChI=1S/C7H3F4O/c8-5-2-1-3-6(4-5)12-7(9,10)11/h1-2,4H. The van der Waals surface area contributed by atoms with E-state index in [2.05, 4.69) is 10.8 Å². The number of hydrogen-bond donors (Lipinski definition) is 0. The Balaban J connectivity index is 2.77.